The van der Waals surface area contributed by atoms with Crippen LogP contribution in [0.25, 0.3) is 0 Å². The molecule has 0 unspecified atom stereocenters. The molecule has 0 fully saturated rings. The fourth-order valence-electron chi connectivity index (χ4n) is 1.46. The molecule has 16 heavy (non-hydrogen) atoms. The summed E-state index contributed by atoms with van der Waals surface area (Å²) in [7, 11) is 3.87. The second kappa shape index (κ2) is 8.27. The first kappa shape index (κ1) is 13.2. The van der Waals surface area contributed by atoms with Crippen LogP contribution in [0.5, 0.6) is 0 Å². The number of aromatic amines is 1. The van der Waals surface area contributed by atoms with Crippen molar-refractivity contribution in [3.8, 4) is 0 Å². The Labute approximate surface area is 97.2 Å². The summed E-state index contributed by atoms with van der Waals surface area (Å²) in [5.41, 5.74) is 0. The van der Waals surface area contributed by atoms with Gasteiger partial charge >= 0.3 is 0 Å². The third-order valence-electron chi connectivity index (χ3n) is 2.41. The first-order valence-electron chi connectivity index (χ1n) is 5.69. The van der Waals surface area contributed by atoms with Crippen molar-refractivity contribution >= 4 is 0 Å². The van der Waals surface area contributed by atoms with Gasteiger partial charge in [-0.3, -0.25) is 0 Å². The molecule has 0 aliphatic rings. The maximum Gasteiger partial charge on any atom is 0.120 e. The highest BCUT2D eigenvalue weighted by Gasteiger charge is 1.98. The summed E-state index contributed by atoms with van der Waals surface area (Å²) in [5.74, 6) is 0.988. The summed E-state index contributed by atoms with van der Waals surface area (Å²) < 4.78 is 5.01. The van der Waals surface area contributed by atoms with Crippen LogP contribution in [-0.4, -0.2) is 55.3 Å². The Morgan fingerprint density at radius 1 is 1.50 bits per heavy atom. The van der Waals surface area contributed by atoms with E-state index >= 15 is 0 Å². The van der Waals surface area contributed by atoms with Crippen molar-refractivity contribution in [3.05, 3.63) is 18.2 Å². The molecular formula is C11H22N4O. The highest BCUT2D eigenvalue weighted by molar-refractivity contribution is 4.85. The normalized spacial score (nSPS) is 11.2. The molecule has 5 nitrogen and oxygen atoms in total. The molecule has 1 aromatic rings. The molecule has 0 spiro atoms. The van der Waals surface area contributed by atoms with Crippen molar-refractivity contribution < 1.29 is 4.74 Å². The number of ether oxygens (including phenoxy) is 1. The van der Waals surface area contributed by atoms with Crippen molar-refractivity contribution in [2.45, 2.75) is 13.0 Å². The summed E-state index contributed by atoms with van der Waals surface area (Å²) in [6.45, 7) is 4.74. The van der Waals surface area contributed by atoms with Crippen molar-refractivity contribution in [1.29, 1.82) is 0 Å². The van der Waals surface area contributed by atoms with Gasteiger partial charge in [-0.1, -0.05) is 0 Å². The van der Waals surface area contributed by atoms with E-state index in [4.69, 9.17) is 4.74 Å². The molecular weight excluding hydrogens is 204 g/mol. The highest BCUT2D eigenvalue weighted by Crippen LogP contribution is 1.89. The molecule has 2 N–H and O–H groups in total. The average Bonchev–Trinajstić information content (AvgIpc) is 2.78. The van der Waals surface area contributed by atoms with Crippen LogP contribution in [0.2, 0.25) is 0 Å². The summed E-state index contributed by atoms with van der Waals surface area (Å²) in [5, 5.41) is 3.34. The Balaban J connectivity index is 1.94. The van der Waals surface area contributed by atoms with Crippen molar-refractivity contribution in [2.24, 2.45) is 0 Å². The van der Waals surface area contributed by atoms with Crippen LogP contribution >= 0.6 is 0 Å². The molecule has 0 saturated heterocycles. The van der Waals surface area contributed by atoms with Crippen molar-refractivity contribution in [3.63, 3.8) is 0 Å². The van der Waals surface area contributed by atoms with E-state index in [2.05, 4.69) is 27.2 Å². The molecule has 0 amide bonds. The third-order valence-corrected chi connectivity index (χ3v) is 2.41. The van der Waals surface area contributed by atoms with E-state index in [-0.39, 0.29) is 0 Å². The van der Waals surface area contributed by atoms with Crippen LogP contribution in [0.15, 0.2) is 12.4 Å². The van der Waals surface area contributed by atoms with Crippen LogP contribution in [0.3, 0.4) is 0 Å². The highest BCUT2D eigenvalue weighted by atomic mass is 16.5. The van der Waals surface area contributed by atoms with E-state index in [1.807, 2.05) is 6.20 Å². The number of imidazole rings is 1. The van der Waals surface area contributed by atoms with Crippen molar-refractivity contribution in [1.82, 2.24) is 20.2 Å². The average molecular weight is 226 g/mol. The number of nitrogens with zero attached hydrogens (tertiary/aromatic N) is 2. The van der Waals surface area contributed by atoms with Crippen LogP contribution in [0.4, 0.5) is 0 Å². The number of H-pyrrole nitrogens is 1. The van der Waals surface area contributed by atoms with Gasteiger partial charge in [-0.25, -0.2) is 4.98 Å². The molecule has 1 aromatic heterocycles. The largest absolute Gasteiger partial charge is 0.385 e. The van der Waals surface area contributed by atoms with Gasteiger partial charge in [0.2, 0.25) is 0 Å². The first-order chi connectivity index (χ1) is 7.83. The van der Waals surface area contributed by atoms with Gasteiger partial charge in [-0.05, 0) is 13.5 Å². The van der Waals surface area contributed by atoms with Gasteiger partial charge in [0.05, 0.1) is 6.54 Å². The fraction of sp³-hybridized carbons (Fsp3) is 0.727. The maximum atomic E-state index is 5.01. The summed E-state index contributed by atoms with van der Waals surface area (Å²) in [4.78, 5) is 9.51. The number of methoxy groups -OCH3 is 1. The minimum absolute atomic E-state index is 0.804. The summed E-state index contributed by atoms with van der Waals surface area (Å²) >= 11 is 0. The van der Waals surface area contributed by atoms with Crippen LogP contribution in [0.1, 0.15) is 12.2 Å². The van der Waals surface area contributed by atoms with Crippen molar-refractivity contribution in [2.75, 3.05) is 40.4 Å². The Morgan fingerprint density at radius 2 is 2.38 bits per heavy atom. The van der Waals surface area contributed by atoms with Gasteiger partial charge in [0.15, 0.2) is 0 Å². The lowest BCUT2D eigenvalue weighted by atomic mass is 10.4. The molecule has 0 bridgehead atoms. The van der Waals surface area contributed by atoms with Crippen LogP contribution in [-0.2, 0) is 11.3 Å². The molecule has 0 atom stereocenters. The van der Waals surface area contributed by atoms with Gasteiger partial charge in [-0.2, -0.15) is 0 Å². The van der Waals surface area contributed by atoms with Crippen LogP contribution in [0, 0.1) is 0 Å². The number of hydrogen-bond acceptors (Lipinski definition) is 4. The Bertz CT molecular complexity index is 250. The number of rotatable bonds is 9. The predicted molar refractivity (Wildman–Crippen MR) is 64.3 cm³/mol. The minimum atomic E-state index is 0.804. The quantitative estimate of drug-likeness (QED) is 0.601. The maximum absolute atomic E-state index is 5.01. The standard InChI is InChI=1S/C11H22N4O/c1-15(7-3-9-16-2)8-6-12-10-11-13-4-5-14-11/h4-5,12H,3,6-10H2,1-2H3,(H,13,14). The lowest BCUT2D eigenvalue weighted by Gasteiger charge is -2.16. The summed E-state index contributed by atoms with van der Waals surface area (Å²) in [6, 6.07) is 0. The monoisotopic (exact) mass is 226 g/mol. The minimum Gasteiger partial charge on any atom is -0.385 e. The van der Waals surface area contributed by atoms with E-state index in [1.165, 1.54) is 0 Å². The van der Waals surface area contributed by atoms with Gasteiger partial charge in [0.1, 0.15) is 5.82 Å². The molecule has 0 aliphatic carbocycles. The van der Waals surface area contributed by atoms with E-state index in [0.717, 1.165) is 45.0 Å². The Kier molecular flexibility index (Phi) is 6.80. The molecule has 5 heteroatoms. The van der Waals surface area contributed by atoms with E-state index < -0.39 is 0 Å². The third kappa shape index (κ3) is 5.85. The van der Waals surface area contributed by atoms with E-state index in [9.17, 15) is 0 Å². The fourth-order valence-corrected chi connectivity index (χ4v) is 1.46. The number of hydrogen-bond donors (Lipinski definition) is 2. The number of aromatic nitrogens is 2. The smallest absolute Gasteiger partial charge is 0.120 e. The lowest BCUT2D eigenvalue weighted by Crippen LogP contribution is -2.30. The summed E-state index contributed by atoms with van der Waals surface area (Å²) in [6.07, 6.45) is 4.70. The van der Waals surface area contributed by atoms with Gasteiger partial charge in [-0.15, -0.1) is 0 Å². The molecule has 0 radical (unpaired) electrons. The molecule has 0 saturated carbocycles. The van der Waals surface area contributed by atoms with Gasteiger partial charge < -0.3 is 19.9 Å². The zero-order valence-corrected chi connectivity index (χ0v) is 10.2. The number of nitrogens with one attached hydrogen (secondary N) is 2. The van der Waals surface area contributed by atoms with Gasteiger partial charge in [0, 0.05) is 45.7 Å². The second-order valence-corrected chi connectivity index (χ2v) is 3.86. The zero-order chi connectivity index (χ0) is 11.6. The molecule has 1 heterocycles. The predicted octanol–water partition coefficient (Wildman–Crippen LogP) is 0.468. The number of likely N-dealkylation sites (N-methyl/N-ethyl adjacent to an activating group) is 1. The zero-order valence-electron chi connectivity index (χ0n) is 10.2. The molecule has 92 valence electrons. The lowest BCUT2D eigenvalue weighted by molar-refractivity contribution is 0.179. The molecule has 0 aromatic carbocycles. The molecule has 0 aliphatic heterocycles. The van der Waals surface area contributed by atoms with E-state index in [0.29, 0.717) is 0 Å². The van der Waals surface area contributed by atoms with Crippen LogP contribution < -0.4 is 5.32 Å². The SMILES string of the molecule is COCCCN(C)CCNCc1ncc[nH]1. The molecule has 1 rings (SSSR count). The van der Waals surface area contributed by atoms with E-state index in [1.54, 1.807) is 13.3 Å². The topological polar surface area (TPSA) is 53.2 Å². The first-order valence-corrected chi connectivity index (χ1v) is 5.69. The Hall–Kier alpha value is -0.910. The second-order valence-electron chi connectivity index (χ2n) is 3.86. The van der Waals surface area contributed by atoms with Gasteiger partial charge in [0.25, 0.3) is 0 Å². The Morgan fingerprint density at radius 3 is 3.06 bits per heavy atom.